The fourth-order valence-corrected chi connectivity index (χ4v) is 4.72. The number of alkyl halides is 3. The van der Waals surface area contributed by atoms with Gasteiger partial charge in [0.2, 0.25) is 0 Å². The zero-order valence-electron chi connectivity index (χ0n) is 26.9. The summed E-state index contributed by atoms with van der Waals surface area (Å²) in [5, 5.41) is 11.8. The van der Waals surface area contributed by atoms with E-state index in [2.05, 4.69) is 31.3 Å². The van der Waals surface area contributed by atoms with Gasteiger partial charge in [-0.2, -0.15) is 13.2 Å². The summed E-state index contributed by atoms with van der Waals surface area (Å²) in [4.78, 5) is 10.1. The molecule has 0 unspecified atom stereocenters. The Morgan fingerprint density at radius 1 is 0.667 bits per heavy atom. The molecule has 246 valence electrons. The Morgan fingerprint density at radius 2 is 1.12 bits per heavy atom. The van der Waals surface area contributed by atoms with Crippen LogP contribution in [0.15, 0.2) is 24.3 Å². The van der Waals surface area contributed by atoms with Crippen molar-refractivity contribution in [3.63, 3.8) is 0 Å². The van der Waals surface area contributed by atoms with Crippen LogP contribution in [0, 0.1) is 0 Å². The molecule has 1 aromatic carbocycles. The van der Waals surface area contributed by atoms with Crippen LogP contribution in [0.1, 0.15) is 162 Å². The minimum absolute atomic E-state index is 0.260. The zero-order chi connectivity index (χ0) is 31.2. The number of hydrogen-bond donors (Lipinski definition) is 2. The van der Waals surface area contributed by atoms with Gasteiger partial charge in [-0.05, 0) is 49.9 Å². The van der Waals surface area contributed by atoms with Crippen LogP contribution in [-0.2, 0) is 4.79 Å². The van der Waals surface area contributed by atoms with Gasteiger partial charge in [-0.1, -0.05) is 123 Å². The summed E-state index contributed by atoms with van der Waals surface area (Å²) in [5.74, 6) is 0.229. The predicted molar refractivity (Wildman–Crippen MR) is 172 cm³/mol. The minimum Gasteiger partial charge on any atom is -0.494 e. The summed E-state index contributed by atoms with van der Waals surface area (Å²) in [5.41, 5.74) is 1.14. The first-order valence-corrected chi connectivity index (χ1v) is 17.0. The maximum Gasteiger partial charge on any atom is 0.389 e. The van der Waals surface area contributed by atoms with E-state index in [0.717, 1.165) is 62.9 Å². The minimum atomic E-state index is -4.00. The van der Waals surface area contributed by atoms with E-state index in [1.54, 1.807) is 0 Å². The highest BCUT2D eigenvalue weighted by atomic mass is 19.4. The molecular formula is C35H62F3NO3. The maximum atomic E-state index is 12.0. The summed E-state index contributed by atoms with van der Waals surface area (Å²) in [6, 6.07) is 8.15. The Hall–Kier alpha value is -1.92. The van der Waals surface area contributed by atoms with Crippen LogP contribution in [-0.4, -0.2) is 30.4 Å². The second kappa shape index (κ2) is 29.2. The summed E-state index contributed by atoms with van der Waals surface area (Å²) in [6.07, 6.45) is 19.2. The first-order chi connectivity index (χ1) is 20.3. The van der Waals surface area contributed by atoms with Crippen molar-refractivity contribution in [3.8, 4) is 5.75 Å². The number of nitrogens with one attached hydrogen (secondary N) is 1. The van der Waals surface area contributed by atoms with Crippen molar-refractivity contribution >= 4 is 11.7 Å². The molecule has 7 heteroatoms. The lowest BCUT2D eigenvalue weighted by atomic mass is 10.1. The Bertz CT molecular complexity index is 710. The summed E-state index contributed by atoms with van der Waals surface area (Å²) in [7, 11) is 0. The molecule has 0 fully saturated rings. The number of benzene rings is 1. The van der Waals surface area contributed by atoms with E-state index in [4.69, 9.17) is 9.84 Å². The number of carbonyl (C=O) groups is 1. The van der Waals surface area contributed by atoms with E-state index in [1.165, 1.54) is 77.0 Å². The number of unbranched alkanes of at least 4 members (excludes halogenated alkanes) is 18. The van der Waals surface area contributed by atoms with Crippen LogP contribution in [0.2, 0.25) is 0 Å². The van der Waals surface area contributed by atoms with Crippen molar-refractivity contribution in [2.45, 2.75) is 168 Å². The number of halogens is 3. The number of aliphatic carboxylic acids is 1. The number of anilines is 1. The summed E-state index contributed by atoms with van der Waals surface area (Å²) >= 11 is 0. The largest absolute Gasteiger partial charge is 0.494 e. The van der Waals surface area contributed by atoms with E-state index in [0.29, 0.717) is 19.4 Å². The quantitative estimate of drug-likeness (QED) is 0.0985. The summed E-state index contributed by atoms with van der Waals surface area (Å²) < 4.78 is 41.9. The van der Waals surface area contributed by atoms with Crippen LogP contribution < -0.4 is 10.1 Å². The third kappa shape index (κ3) is 31.0. The number of ether oxygens (including phenoxy) is 1. The SMILES string of the molecule is CCCCCCCCCC(=O)O.CCCCCCCCCNc1ccc(OCCCCCCCCCC(F)(F)F)cc1. The zero-order valence-corrected chi connectivity index (χ0v) is 26.9. The van der Waals surface area contributed by atoms with Gasteiger partial charge in [0.05, 0.1) is 6.61 Å². The highest BCUT2D eigenvalue weighted by Crippen LogP contribution is 2.23. The standard InChI is InChI=1S/C25H42F3NO.C10H20O2/c1-2-3-4-5-8-11-14-21-29-23-16-18-24(19-17-23)30-22-15-12-9-6-7-10-13-20-25(26,27)28;1-2-3-4-5-6-7-8-9-10(11)12/h16-19,29H,2-15,20-22H2,1H3;2-9H2,1H3,(H,11,12). The van der Waals surface area contributed by atoms with E-state index < -0.39 is 18.6 Å². The van der Waals surface area contributed by atoms with E-state index in [9.17, 15) is 18.0 Å². The van der Waals surface area contributed by atoms with Gasteiger partial charge in [0.25, 0.3) is 0 Å². The molecule has 0 aliphatic heterocycles. The monoisotopic (exact) mass is 601 g/mol. The Labute approximate surface area is 255 Å². The highest BCUT2D eigenvalue weighted by Gasteiger charge is 2.25. The molecule has 2 N–H and O–H groups in total. The third-order valence-corrected chi connectivity index (χ3v) is 7.33. The van der Waals surface area contributed by atoms with Crippen LogP contribution in [0.25, 0.3) is 0 Å². The Balaban J connectivity index is 0.00000118. The molecule has 0 atom stereocenters. The third-order valence-electron chi connectivity index (χ3n) is 7.33. The van der Waals surface area contributed by atoms with Gasteiger partial charge in [-0.15, -0.1) is 0 Å². The first kappa shape index (κ1) is 40.1. The van der Waals surface area contributed by atoms with E-state index >= 15 is 0 Å². The molecule has 0 spiro atoms. The van der Waals surface area contributed by atoms with E-state index in [1.807, 2.05) is 12.1 Å². The van der Waals surface area contributed by atoms with Crippen molar-refractivity contribution in [2.75, 3.05) is 18.5 Å². The molecule has 0 radical (unpaired) electrons. The van der Waals surface area contributed by atoms with Gasteiger partial charge in [0, 0.05) is 25.1 Å². The van der Waals surface area contributed by atoms with Crippen molar-refractivity contribution < 1.29 is 27.8 Å². The molecule has 1 aromatic rings. The molecule has 0 saturated carbocycles. The van der Waals surface area contributed by atoms with Gasteiger partial charge < -0.3 is 15.2 Å². The average molecular weight is 602 g/mol. The van der Waals surface area contributed by atoms with Gasteiger partial charge >= 0.3 is 12.1 Å². The number of rotatable bonds is 27. The van der Waals surface area contributed by atoms with Crippen LogP contribution in [0.4, 0.5) is 18.9 Å². The molecule has 0 aliphatic rings. The predicted octanol–water partition coefficient (Wildman–Crippen LogP) is 12.1. The van der Waals surface area contributed by atoms with Crippen molar-refractivity contribution in [1.82, 2.24) is 0 Å². The lowest BCUT2D eigenvalue weighted by Crippen LogP contribution is -2.06. The average Bonchev–Trinajstić information content (AvgIpc) is 2.95. The molecule has 0 bridgehead atoms. The van der Waals surface area contributed by atoms with Gasteiger partial charge in [0.15, 0.2) is 0 Å². The Morgan fingerprint density at radius 3 is 1.62 bits per heavy atom. The molecule has 0 saturated heterocycles. The smallest absolute Gasteiger partial charge is 0.389 e. The number of carboxylic acid groups (broad SMARTS) is 1. The second-order valence-corrected chi connectivity index (χ2v) is 11.5. The lowest BCUT2D eigenvalue weighted by molar-refractivity contribution is -0.137. The fourth-order valence-electron chi connectivity index (χ4n) is 4.72. The normalized spacial score (nSPS) is 11.2. The summed E-state index contributed by atoms with van der Waals surface area (Å²) in [6.45, 7) is 6.16. The molecule has 0 amide bonds. The molecule has 0 aromatic heterocycles. The highest BCUT2D eigenvalue weighted by molar-refractivity contribution is 5.66. The lowest BCUT2D eigenvalue weighted by Gasteiger charge is -2.09. The number of hydrogen-bond acceptors (Lipinski definition) is 3. The Kier molecular flexibility index (Phi) is 27.8. The van der Waals surface area contributed by atoms with Crippen LogP contribution in [0.5, 0.6) is 5.75 Å². The van der Waals surface area contributed by atoms with Crippen molar-refractivity contribution in [3.05, 3.63) is 24.3 Å². The van der Waals surface area contributed by atoms with Gasteiger partial charge in [-0.3, -0.25) is 4.79 Å². The second-order valence-electron chi connectivity index (χ2n) is 11.5. The van der Waals surface area contributed by atoms with Crippen LogP contribution >= 0.6 is 0 Å². The maximum absolute atomic E-state index is 12.0. The van der Waals surface area contributed by atoms with Crippen molar-refractivity contribution in [1.29, 1.82) is 0 Å². The van der Waals surface area contributed by atoms with E-state index in [-0.39, 0.29) is 6.42 Å². The molecule has 0 heterocycles. The molecule has 0 aliphatic carbocycles. The molecule has 1 rings (SSSR count). The topological polar surface area (TPSA) is 58.6 Å². The molecular weight excluding hydrogens is 539 g/mol. The fraction of sp³-hybridized carbons (Fsp3) is 0.800. The van der Waals surface area contributed by atoms with Crippen LogP contribution in [0.3, 0.4) is 0 Å². The molecule has 4 nitrogen and oxygen atoms in total. The number of carboxylic acids is 1. The van der Waals surface area contributed by atoms with Gasteiger partial charge in [-0.25, -0.2) is 0 Å². The first-order valence-electron chi connectivity index (χ1n) is 17.0. The van der Waals surface area contributed by atoms with Gasteiger partial charge in [0.1, 0.15) is 5.75 Å². The van der Waals surface area contributed by atoms with Crippen molar-refractivity contribution in [2.24, 2.45) is 0 Å². The molecule has 42 heavy (non-hydrogen) atoms.